The molecule has 0 bridgehead atoms. The zero-order valence-corrected chi connectivity index (χ0v) is 11.8. The second kappa shape index (κ2) is 5.77. The van der Waals surface area contributed by atoms with Crippen LogP contribution in [0.4, 0.5) is 15.8 Å². The number of rotatable bonds is 3. The van der Waals surface area contributed by atoms with E-state index < -0.39 is 5.82 Å². The van der Waals surface area contributed by atoms with Crippen LogP contribution in [0.3, 0.4) is 0 Å². The molecule has 3 rings (SSSR count). The van der Waals surface area contributed by atoms with E-state index in [1.807, 2.05) is 30.3 Å². The highest BCUT2D eigenvalue weighted by molar-refractivity contribution is 5.44. The van der Waals surface area contributed by atoms with E-state index in [1.54, 1.807) is 13.0 Å². The maximum absolute atomic E-state index is 13.1. The molecule has 0 spiro atoms. The summed E-state index contributed by atoms with van der Waals surface area (Å²) in [6, 6.07) is 14.9. The molecule has 5 nitrogen and oxygen atoms in total. The molecule has 1 N–H and O–H groups in total. The molecular formula is C16H13FN4O. The Labute approximate surface area is 125 Å². The van der Waals surface area contributed by atoms with Crippen molar-refractivity contribution in [3.05, 3.63) is 76.5 Å². The Hall–Kier alpha value is -3.02. The summed E-state index contributed by atoms with van der Waals surface area (Å²) < 4.78 is 14.5. The van der Waals surface area contributed by atoms with E-state index in [4.69, 9.17) is 0 Å². The van der Waals surface area contributed by atoms with Crippen LogP contribution in [-0.4, -0.2) is 9.78 Å². The van der Waals surface area contributed by atoms with Gasteiger partial charge in [0.1, 0.15) is 5.82 Å². The van der Waals surface area contributed by atoms with Crippen molar-refractivity contribution in [2.45, 2.75) is 6.92 Å². The molecule has 0 fully saturated rings. The van der Waals surface area contributed by atoms with Gasteiger partial charge in [0, 0.05) is 6.07 Å². The number of nitrogens with one attached hydrogen (secondary N) is 1. The number of hydrogen-bond acceptors (Lipinski definition) is 3. The Morgan fingerprint density at radius 1 is 1.05 bits per heavy atom. The summed E-state index contributed by atoms with van der Waals surface area (Å²) in [4.78, 5) is 12.4. The molecule has 0 saturated heterocycles. The highest BCUT2D eigenvalue weighted by Crippen LogP contribution is 2.19. The Balaban J connectivity index is 1.99. The van der Waals surface area contributed by atoms with Crippen molar-refractivity contribution in [1.29, 1.82) is 0 Å². The molecule has 0 saturated carbocycles. The first kappa shape index (κ1) is 13.9. The maximum atomic E-state index is 13.1. The number of benzene rings is 2. The van der Waals surface area contributed by atoms with Gasteiger partial charge in [-0.05, 0) is 31.2 Å². The fraction of sp³-hybridized carbons (Fsp3) is 0.0625. The molecule has 0 unspecified atom stereocenters. The lowest BCUT2D eigenvalue weighted by Crippen LogP contribution is -2.13. The van der Waals surface area contributed by atoms with Gasteiger partial charge in [0.25, 0.3) is 5.56 Å². The zero-order chi connectivity index (χ0) is 15.5. The van der Waals surface area contributed by atoms with Gasteiger partial charge >= 0.3 is 0 Å². The monoisotopic (exact) mass is 296 g/mol. The predicted molar refractivity (Wildman–Crippen MR) is 81.7 cm³/mol. The molecule has 0 aliphatic carbocycles. The van der Waals surface area contributed by atoms with Crippen molar-refractivity contribution in [3.63, 3.8) is 0 Å². The fourth-order valence-electron chi connectivity index (χ4n) is 2.06. The van der Waals surface area contributed by atoms with E-state index in [-0.39, 0.29) is 11.2 Å². The predicted octanol–water partition coefficient (Wildman–Crippen LogP) is 4.03. The summed E-state index contributed by atoms with van der Waals surface area (Å²) in [5.41, 5.74) is 1.56. The summed E-state index contributed by atoms with van der Waals surface area (Å²) in [6.45, 7) is 1.74. The lowest BCUT2D eigenvalue weighted by Gasteiger charge is -1.99. The Bertz CT molecular complexity index is 881. The lowest BCUT2D eigenvalue weighted by molar-refractivity contribution is 0.628. The number of H-pyrrole nitrogens is 1. The summed E-state index contributed by atoms with van der Waals surface area (Å²) in [5.74, 6) is -0.399. The van der Waals surface area contributed by atoms with Crippen LogP contribution >= 0.6 is 0 Å². The number of nitrogens with zero attached hydrogens (tertiary/aromatic N) is 3. The van der Waals surface area contributed by atoms with Crippen LogP contribution in [0.5, 0.6) is 0 Å². The molecule has 6 heteroatoms. The molecule has 0 aliphatic heterocycles. The van der Waals surface area contributed by atoms with Crippen LogP contribution in [0.25, 0.3) is 5.69 Å². The molecule has 3 aromatic rings. The van der Waals surface area contributed by atoms with Gasteiger partial charge in [-0.15, -0.1) is 5.11 Å². The van der Waals surface area contributed by atoms with Crippen molar-refractivity contribution in [2.24, 2.45) is 10.2 Å². The van der Waals surface area contributed by atoms with E-state index in [1.165, 1.54) is 22.9 Å². The highest BCUT2D eigenvalue weighted by Gasteiger charge is 2.11. The number of halogens is 1. The van der Waals surface area contributed by atoms with Crippen LogP contribution < -0.4 is 5.56 Å². The highest BCUT2D eigenvalue weighted by atomic mass is 19.1. The average Bonchev–Trinajstić information content (AvgIpc) is 2.81. The number of azo groups is 1. The van der Waals surface area contributed by atoms with Crippen molar-refractivity contribution in [1.82, 2.24) is 9.78 Å². The summed E-state index contributed by atoms with van der Waals surface area (Å²) >= 11 is 0. The quantitative estimate of drug-likeness (QED) is 0.729. The van der Waals surface area contributed by atoms with Crippen molar-refractivity contribution < 1.29 is 4.39 Å². The molecule has 1 aromatic heterocycles. The summed E-state index contributed by atoms with van der Waals surface area (Å²) in [7, 11) is 0. The van der Waals surface area contributed by atoms with Gasteiger partial charge in [0.2, 0.25) is 0 Å². The number of hydrogen-bond donors (Lipinski definition) is 1. The lowest BCUT2D eigenvalue weighted by atomic mass is 10.3. The summed E-state index contributed by atoms with van der Waals surface area (Å²) in [6.07, 6.45) is 0. The number of aryl methyl sites for hydroxylation is 1. The van der Waals surface area contributed by atoms with Crippen molar-refractivity contribution >= 4 is 11.4 Å². The molecule has 0 amide bonds. The van der Waals surface area contributed by atoms with Crippen LogP contribution in [-0.2, 0) is 0 Å². The summed E-state index contributed by atoms with van der Waals surface area (Å²) in [5, 5.41) is 10.8. The third-order valence-corrected chi connectivity index (χ3v) is 3.13. The van der Waals surface area contributed by atoms with E-state index in [0.29, 0.717) is 17.1 Å². The molecular weight excluding hydrogens is 283 g/mol. The van der Waals surface area contributed by atoms with Gasteiger partial charge in [-0.1, -0.05) is 24.3 Å². The average molecular weight is 296 g/mol. The SMILES string of the molecule is Cc1[nH]n(-c2ccccc2)c(=O)c1N=Nc1cccc(F)c1. The Morgan fingerprint density at radius 2 is 1.82 bits per heavy atom. The molecule has 2 aromatic carbocycles. The zero-order valence-electron chi connectivity index (χ0n) is 11.8. The first-order chi connectivity index (χ1) is 10.6. The second-order valence-corrected chi connectivity index (χ2v) is 4.74. The van der Waals surface area contributed by atoms with Gasteiger partial charge in [0.15, 0.2) is 5.69 Å². The smallest absolute Gasteiger partial charge is 0.293 e. The van der Waals surface area contributed by atoms with E-state index in [2.05, 4.69) is 15.3 Å². The first-order valence-corrected chi connectivity index (χ1v) is 6.69. The van der Waals surface area contributed by atoms with Crippen molar-refractivity contribution in [3.8, 4) is 5.69 Å². The van der Waals surface area contributed by atoms with E-state index in [0.717, 1.165) is 0 Å². The molecule has 0 radical (unpaired) electrons. The molecule has 0 aliphatic rings. The number of aromatic amines is 1. The molecule has 22 heavy (non-hydrogen) atoms. The molecule has 110 valence electrons. The third kappa shape index (κ3) is 2.71. The minimum absolute atomic E-state index is 0.202. The van der Waals surface area contributed by atoms with Gasteiger partial charge in [-0.2, -0.15) is 5.11 Å². The third-order valence-electron chi connectivity index (χ3n) is 3.13. The van der Waals surface area contributed by atoms with Gasteiger partial charge in [0.05, 0.1) is 17.1 Å². The normalized spacial score (nSPS) is 11.2. The van der Waals surface area contributed by atoms with Crippen molar-refractivity contribution in [2.75, 3.05) is 0 Å². The van der Waals surface area contributed by atoms with E-state index in [9.17, 15) is 9.18 Å². The minimum Gasteiger partial charge on any atom is -0.293 e. The van der Waals surface area contributed by atoms with Crippen LogP contribution in [0.1, 0.15) is 5.69 Å². The Morgan fingerprint density at radius 3 is 2.55 bits per heavy atom. The topological polar surface area (TPSA) is 62.5 Å². The van der Waals surface area contributed by atoms with Crippen LogP contribution in [0.2, 0.25) is 0 Å². The Kier molecular flexibility index (Phi) is 3.65. The van der Waals surface area contributed by atoms with Gasteiger partial charge < -0.3 is 0 Å². The molecule has 0 atom stereocenters. The largest absolute Gasteiger partial charge is 0.299 e. The second-order valence-electron chi connectivity index (χ2n) is 4.74. The van der Waals surface area contributed by atoms with Gasteiger partial charge in [-0.3, -0.25) is 9.89 Å². The standard InChI is InChI=1S/C16H13FN4O/c1-11-15(19-18-13-7-5-6-12(17)10-13)16(22)21(20-11)14-8-3-2-4-9-14/h2-10,20H,1H3. The van der Waals surface area contributed by atoms with Crippen LogP contribution in [0, 0.1) is 12.7 Å². The maximum Gasteiger partial charge on any atom is 0.299 e. The molecule has 1 heterocycles. The first-order valence-electron chi connectivity index (χ1n) is 6.69. The van der Waals surface area contributed by atoms with Crippen LogP contribution in [0.15, 0.2) is 69.6 Å². The number of aromatic nitrogens is 2. The fourth-order valence-corrected chi connectivity index (χ4v) is 2.06. The minimum atomic E-state index is -0.399. The van der Waals surface area contributed by atoms with Gasteiger partial charge in [-0.25, -0.2) is 9.07 Å². The number of para-hydroxylation sites is 1. The van der Waals surface area contributed by atoms with E-state index >= 15 is 0 Å².